The molecule has 0 radical (unpaired) electrons. The number of carbonyl (C=O) groups is 1. The van der Waals surface area contributed by atoms with Crippen LogP contribution in [-0.4, -0.2) is 21.0 Å². The molecule has 0 unspecified atom stereocenters. The number of hydrogen-bond donors (Lipinski definition) is 2. The van der Waals surface area contributed by atoms with E-state index in [9.17, 15) is 14.0 Å². The Balaban J connectivity index is 2.60. The second-order valence-electron chi connectivity index (χ2n) is 3.74. The van der Waals surface area contributed by atoms with Gasteiger partial charge in [-0.15, -0.1) is 0 Å². The summed E-state index contributed by atoms with van der Waals surface area (Å²) in [6.45, 7) is 1.64. The highest BCUT2D eigenvalue weighted by atomic mass is 19.1. The van der Waals surface area contributed by atoms with Crippen molar-refractivity contribution in [2.24, 2.45) is 0 Å². The Morgan fingerprint density at radius 1 is 1.44 bits per heavy atom. The summed E-state index contributed by atoms with van der Waals surface area (Å²) < 4.78 is 12.7. The minimum absolute atomic E-state index is 0.335. The van der Waals surface area contributed by atoms with E-state index in [2.05, 4.69) is 9.97 Å². The lowest BCUT2D eigenvalue weighted by Crippen LogP contribution is -2.18. The molecule has 5 nitrogen and oxygen atoms in total. The third-order valence-corrected chi connectivity index (χ3v) is 2.45. The minimum Gasteiger partial charge on any atom is -0.477 e. The number of nitrogens with one attached hydrogen (secondary N) is 1. The number of carboxylic acid groups (broad SMARTS) is 1. The lowest BCUT2D eigenvalue weighted by atomic mass is 10.1. The lowest BCUT2D eigenvalue weighted by Gasteiger charge is -2.05. The zero-order valence-corrected chi connectivity index (χ0v) is 9.40. The molecular weight excluding hydrogens is 239 g/mol. The van der Waals surface area contributed by atoms with E-state index in [1.54, 1.807) is 6.92 Å². The van der Waals surface area contributed by atoms with E-state index in [1.165, 1.54) is 18.2 Å². The van der Waals surface area contributed by atoms with E-state index in [0.29, 0.717) is 17.0 Å². The van der Waals surface area contributed by atoms with Crippen molar-refractivity contribution in [3.8, 4) is 11.4 Å². The van der Waals surface area contributed by atoms with Crippen LogP contribution < -0.4 is 5.56 Å². The molecule has 18 heavy (non-hydrogen) atoms. The predicted molar refractivity (Wildman–Crippen MR) is 61.9 cm³/mol. The van der Waals surface area contributed by atoms with E-state index in [1.807, 2.05) is 0 Å². The van der Waals surface area contributed by atoms with Crippen LogP contribution in [0.1, 0.15) is 15.9 Å². The Bertz CT molecular complexity index is 662. The number of rotatable bonds is 2. The van der Waals surface area contributed by atoms with Gasteiger partial charge in [0.25, 0.3) is 5.56 Å². The van der Waals surface area contributed by atoms with Gasteiger partial charge in [-0.3, -0.25) is 9.78 Å². The van der Waals surface area contributed by atoms with Crippen LogP contribution in [0.5, 0.6) is 0 Å². The van der Waals surface area contributed by atoms with Crippen molar-refractivity contribution in [1.29, 1.82) is 0 Å². The van der Waals surface area contributed by atoms with Crippen LogP contribution in [0.4, 0.5) is 4.39 Å². The Morgan fingerprint density at radius 3 is 2.72 bits per heavy atom. The van der Waals surface area contributed by atoms with Crippen LogP contribution >= 0.6 is 0 Å². The number of H-pyrrole nitrogens is 1. The molecule has 0 aliphatic heterocycles. The summed E-state index contributed by atoms with van der Waals surface area (Å²) in [5.74, 6) is -1.78. The Hall–Kier alpha value is -2.50. The molecule has 0 spiro atoms. The molecule has 0 aromatic carbocycles. The van der Waals surface area contributed by atoms with Gasteiger partial charge in [-0.1, -0.05) is 0 Å². The van der Waals surface area contributed by atoms with Crippen LogP contribution in [0, 0.1) is 12.7 Å². The third kappa shape index (κ3) is 2.13. The zero-order valence-electron chi connectivity index (χ0n) is 9.40. The molecule has 2 aromatic heterocycles. The van der Waals surface area contributed by atoms with Gasteiger partial charge in [-0.05, 0) is 30.7 Å². The van der Waals surface area contributed by atoms with E-state index < -0.39 is 17.3 Å². The fourth-order valence-electron chi connectivity index (χ4n) is 1.58. The molecular formula is C12H9FN2O3. The van der Waals surface area contributed by atoms with Gasteiger partial charge in [0.05, 0.1) is 17.6 Å². The molecule has 2 N–H and O–H groups in total. The second-order valence-corrected chi connectivity index (χ2v) is 3.74. The van der Waals surface area contributed by atoms with Crippen molar-refractivity contribution in [3.63, 3.8) is 0 Å². The van der Waals surface area contributed by atoms with Crippen molar-refractivity contribution < 1.29 is 14.3 Å². The molecule has 0 saturated heterocycles. The monoisotopic (exact) mass is 248 g/mol. The van der Waals surface area contributed by atoms with Gasteiger partial charge in [-0.25, -0.2) is 9.18 Å². The summed E-state index contributed by atoms with van der Waals surface area (Å²) in [7, 11) is 0. The molecule has 0 aliphatic rings. The molecule has 0 bridgehead atoms. The first-order chi connectivity index (χ1) is 8.49. The van der Waals surface area contributed by atoms with E-state index in [-0.39, 0.29) is 5.56 Å². The average Bonchev–Trinajstić information content (AvgIpc) is 2.32. The maximum Gasteiger partial charge on any atom is 0.341 e. The molecule has 2 aromatic rings. The smallest absolute Gasteiger partial charge is 0.341 e. The number of aryl methyl sites for hydroxylation is 1. The van der Waals surface area contributed by atoms with E-state index in [4.69, 9.17) is 5.11 Å². The molecule has 92 valence electrons. The first kappa shape index (κ1) is 12.0. The van der Waals surface area contributed by atoms with Crippen molar-refractivity contribution >= 4 is 5.97 Å². The number of aromatic amines is 1. The van der Waals surface area contributed by atoms with Crippen molar-refractivity contribution in [3.05, 3.63) is 51.7 Å². The summed E-state index contributed by atoms with van der Waals surface area (Å²) in [6, 6.07) is 3.89. The van der Waals surface area contributed by atoms with Gasteiger partial charge < -0.3 is 10.1 Å². The highest BCUT2D eigenvalue weighted by molar-refractivity contribution is 5.87. The molecule has 0 amide bonds. The lowest BCUT2D eigenvalue weighted by molar-refractivity contribution is 0.0695. The van der Waals surface area contributed by atoms with Gasteiger partial charge in [0.2, 0.25) is 0 Å². The topological polar surface area (TPSA) is 83.0 Å². The fraction of sp³-hybridized carbons (Fsp3) is 0.0833. The summed E-state index contributed by atoms with van der Waals surface area (Å²) in [5.41, 5.74) is 0.256. The average molecular weight is 248 g/mol. The second kappa shape index (κ2) is 4.40. The normalized spacial score (nSPS) is 10.3. The third-order valence-electron chi connectivity index (χ3n) is 2.45. The molecule has 2 heterocycles. The highest BCUT2D eigenvalue weighted by Gasteiger charge is 2.13. The number of hydrogen-bond acceptors (Lipinski definition) is 3. The van der Waals surface area contributed by atoms with Crippen LogP contribution in [-0.2, 0) is 0 Å². The van der Waals surface area contributed by atoms with Gasteiger partial charge in [0, 0.05) is 0 Å². The standard InChI is InChI=1S/C12H9FN2O3/c1-6-4-8(12(17)18)11(16)15-10(6)9-3-2-7(13)5-14-9/h2-5H,1H3,(H,15,16)(H,17,18). The number of halogens is 1. The first-order valence-electron chi connectivity index (χ1n) is 5.08. The van der Waals surface area contributed by atoms with Crippen LogP contribution in [0.3, 0.4) is 0 Å². The Labute approximate surface area is 101 Å². The van der Waals surface area contributed by atoms with Crippen molar-refractivity contribution in [2.45, 2.75) is 6.92 Å². The maximum absolute atomic E-state index is 12.7. The van der Waals surface area contributed by atoms with Crippen LogP contribution in [0.15, 0.2) is 29.2 Å². The largest absolute Gasteiger partial charge is 0.477 e. The summed E-state index contributed by atoms with van der Waals surface area (Å²) in [6.07, 6.45) is 1.03. The van der Waals surface area contributed by atoms with Gasteiger partial charge >= 0.3 is 5.97 Å². The molecule has 2 rings (SSSR count). The molecule has 6 heteroatoms. The molecule has 0 saturated carbocycles. The summed E-state index contributed by atoms with van der Waals surface area (Å²) >= 11 is 0. The van der Waals surface area contributed by atoms with Gasteiger partial charge in [-0.2, -0.15) is 0 Å². The van der Waals surface area contributed by atoms with E-state index >= 15 is 0 Å². The Kier molecular flexibility index (Phi) is 2.93. The fourth-order valence-corrected chi connectivity index (χ4v) is 1.58. The summed E-state index contributed by atoms with van der Waals surface area (Å²) in [4.78, 5) is 28.6. The number of carboxylic acids is 1. The highest BCUT2D eigenvalue weighted by Crippen LogP contribution is 2.17. The predicted octanol–water partition coefficient (Wildman–Crippen LogP) is 1.58. The van der Waals surface area contributed by atoms with Crippen LogP contribution in [0.25, 0.3) is 11.4 Å². The quantitative estimate of drug-likeness (QED) is 0.845. The van der Waals surface area contributed by atoms with E-state index in [0.717, 1.165) is 6.20 Å². The molecule has 0 aliphatic carbocycles. The van der Waals surface area contributed by atoms with Crippen molar-refractivity contribution in [1.82, 2.24) is 9.97 Å². The maximum atomic E-state index is 12.7. The number of nitrogens with zero attached hydrogens (tertiary/aromatic N) is 1. The number of aromatic carboxylic acids is 1. The van der Waals surface area contributed by atoms with Gasteiger partial charge in [0.15, 0.2) is 0 Å². The summed E-state index contributed by atoms with van der Waals surface area (Å²) in [5, 5.41) is 8.80. The van der Waals surface area contributed by atoms with Crippen molar-refractivity contribution in [2.75, 3.05) is 0 Å². The minimum atomic E-state index is -1.29. The Morgan fingerprint density at radius 2 is 2.17 bits per heavy atom. The zero-order chi connectivity index (χ0) is 13.3. The molecule has 0 atom stereocenters. The SMILES string of the molecule is Cc1cc(C(=O)O)c(=O)[nH]c1-c1ccc(F)cn1. The van der Waals surface area contributed by atoms with Gasteiger partial charge in [0.1, 0.15) is 11.4 Å². The molecule has 0 fully saturated rings. The number of pyridine rings is 2. The number of aromatic nitrogens is 2. The van der Waals surface area contributed by atoms with Crippen LogP contribution in [0.2, 0.25) is 0 Å². The first-order valence-corrected chi connectivity index (χ1v) is 5.08.